The monoisotopic (exact) mass is 504 g/mol. The highest BCUT2D eigenvalue weighted by atomic mass is 32.1. The number of nitrogens with zero attached hydrogens (tertiary/aromatic N) is 2. The molecule has 0 atom stereocenters. The molecular formula is C34H20N2OS. The Morgan fingerprint density at radius 1 is 0.553 bits per heavy atom. The largest absolute Gasteiger partial charge is 0.268 e. The molecule has 0 spiro atoms. The minimum absolute atomic E-state index is 0.0249. The lowest BCUT2D eigenvalue weighted by molar-refractivity contribution is 1.20. The number of imidazole rings is 1. The zero-order valence-corrected chi connectivity index (χ0v) is 21.1. The van der Waals surface area contributed by atoms with Gasteiger partial charge in [0.1, 0.15) is 0 Å². The Kier molecular flexibility index (Phi) is 4.54. The van der Waals surface area contributed by atoms with Crippen molar-refractivity contribution < 1.29 is 0 Å². The molecule has 0 aliphatic heterocycles. The van der Waals surface area contributed by atoms with Gasteiger partial charge in [0.2, 0.25) is 0 Å². The summed E-state index contributed by atoms with van der Waals surface area (Å²) in [6, 6.07) is 41.9. The van der Waals surface area contributed by atoms with Crippen LogP contribution in [0.4, 0.5) is 0 Å². The second-order valence-electron chi connectivity index (χ2n) is 9.54. The Labute approximate surface area is 221 Å². The number of benzene rings is 6. The molecule has 2 heterocycles. The number of hydrogen-bond acceptors (Lipinski definition) is 3. The lowest BCUT2D eigenvalue weighted by atomic mass is 9.86. The average Bonchev–Trinajstić information content (AvgIpc) is 3.34. The van der Waals surface area contributed by atoms with Crippen molar-refractivity contribution in [3.63, 3.8) is 0 Å². The first-order valence-electron chi connectivity index (χ1n) is 12.6. The summed E-state index contributed by atoms with van der Waals surface area (Å²) in [5.74, 6) is 0. The van der Waals surface area contributed by atoms with Gasteiger partial charge >= 0.3 is 0 Å². The van der Waals surface area contributed by atoms with E-state index in [1.807, 2.05) is 30.3 Å². The van der Waals surface area contributed by atoms with Gasteiger partial charge in [-0.3, -0.25) is 4.79 Å². The average molecular weight is 505 g/mol. The number of fused-ring (bicyclic) bond motifs is 6. The zero-order chi connectivity index (χ0) is 25.2. The fraction of sp³-hybridized carbons (Fsp3) is 0. The first-order chi connectivity index (χ1) is 18.8. The van der Waals surface area contributed by atoms with Crippen molar-refractivity contribution in [1.29, 1.82) is 0 Å². The van der Waals surface area contributed by atoms with Gasteiger partial charge in [-0.2, -0.15) is 0 Å². The molecular weight excluding hydrogens is 484 g/mol. The SMILES string of the molecule is O=c1c2ccccc2sc2nc3ccc(-c4c5ccccc5c(-c5ccccc5)c5ccccc45)cc3n12. The smallest absolute Gasteiger partial charge is 0.266 e. The molecule has 3 nitrogen and oxygen atoms in total. The van der Waals surface area contributed by atoms with E-state index in [0.29, 0.717) is 0 Å². The van der Waals surface area contributed by atoms with E-state index in [-0.39, 0.29) is 5.56 Å². The highest BCUT2D eigenvalue weighted by Gasteiger charge is 2.18. The number of aromatic nitrogens is 2. The first-order valence-corrected chi connectivity index (χ1v) is 13.4. The third-order valence-corrected chi connectivity index (χ3v) is 8.46. The number of hydrogen-bond donors (Lipinski definition) is 0. The number of rotatable bonds is 2. The Morgan fingerprint density at radius 3 is 1.76 bits per heavy atom. The van der Waals surface area contributed by atoms with Gasteiger partial charge in [0, 0.05) is 4.70 Å². The first kappa shape index (κ1) is 21.3. The summed E-state index contributed by atoms with van der Waals surface area (Å²) in [6.07, 6.45) is 0. The topological polar surface area (TPSA) is 34.4 Å². The second kappa shape index (κ2) is 8.10. The molecule has 0 amide bonds. The molecule has 6 aromatic carbocycles. The van der Waals surface area contributed by atoms with Crippen LogP contribution in [0.1, 0.15) is 0 Å². The van der Waals surface area contributed by atoms with E-state index in [2.05, 4.69) is 91.0 Å². The molecule has 0 aliphatic carbocycles. The van der Waals surface area contributed by atoms with Gasteiger partial charge in [-0.15, -0.1) is 0 Å². The van der Waals surface area contributed by atoms with Crippen LogP contribution in [0.5, 0.6) is 0 Å². The van der Waals surface area contributed by atoms with E-state index in [9.17, 15) is 4.79 Å². The lowest BCUT2D eigenvalue weighted by Crippen LogP contribution is -2.11. The van der Waals surface area contributed by atoms with Crippen LogP contribution < -0.4 is 5.56 Å². The van der Waals surface area contributed by atoms with Gasteiger partial charge in [-0.05, 0) is 68.1 Å². The Bertz CT molecular complexity index is 2200. The van der Waals surface area contributed by atoms with E-state index in [1.54, 1.807) is 15.7 Å². The molecule has 38 heavy (non-hydrogen) atoms. The van der Waals surface area contributed by atoms with Crippen LogP contribution in [0.15, 0.2) is 126 Å². The van der Waals surface area contributed by atoms with Crippen LogP contribution in [-0.2, 0) is 0 Å². The summed E-state index contributed by atoms with van der Waals surface area (Å²) in [7, 11) is 0. The highest BCUT2D eigenvalue weighted by Crippen LogP contribution is 2.44. The summed E-state index contributed by atoms with van der Waals surface area (Å²) >= 11 is 1.55. The maximum atomic E-state index is 13.6. The normalized spacial score (nSPS) is 11.8. The Balaban J connectivity index is 1.50. The van der Waals surface area contributed by atoms with Gasteiger partial charge in [0.05, 0.1) is 16.4 Å². The lowest BCUT2D eigenvalue weighted by Gasteiger charge is -2.17. The molecule has 0 aliphatic rings. The van der Waals surface area contributed by atoms with Crippen molar-refractivity contribution in [2.45, 2.75) is 0 Å². The van der Waals surface area contributed by atoms with Gasteiger partial charge in [0.15, 0.2) is 4.96 Å². The summed E-state index contributed by atoms with van der Waals surface area (Å²) in [6.45, 7) is 0. The fourth-order valence-corrected chi connectivity index (χ4v) is 6.80. The van der Waals surface area contributed by atoms with Crippen molar-refractivity contribution in [3.8, 4) is 22.3 Å². The highest BCUT2D eigenvalue weighted by molar-refractivity contribution is 7.23. The van der Waals surface area contributed by atoms with Gasteiger partial charge in [0.25, 0.3) is 5.56 Å². The summed E-state index contributed by atoms with van der Waals surface area (Å²) < 4.78 is 2.73. The van der Waals surface area contributed by atoms with Gasteiger partial charge in [-0.1, -0.05) is 108 Å². The summed E-state index contributed by atoms with van der Waals surface area (Å²) in [5.41, 5.74) is 6.33. The van der Waals surface area contributed by atoms with Crippen molar-refractivity contribution >= 4 is 59.0 Å². The Morgan fingerprint density at radius 2 is 1.11 bits per heavy atom. The maximum Gasteiger partial charge on any atom is 0.266 e. The van der Waals surface area contributed by atoms with Crippen molar-refractivity contribution in [2.75, 3.05) is 0 Å². The molecule has 8 rings (SSSR count). The molecule has 0 saturated carbocycles. The van der Waals surface area contributed by atoms with E-state index >= 15 is 0 Å². The molecule has 0 radical (unpaired) electrons. The van der Waals surface area contributed by atoms with Crippen LogP contribution in [0, 0.1) is 0 Å². The van der Waals surface area contributed by atoms with E-state index < -0.39 is 0 Å². The molecule has 0 saturated heterocycles. The quantitative estimate of drug-likeness (QED) is 0.221. The van der Waals surface area contributed by atoms with E-state index in [0.717, 1.165) is 31.6 Å². The minimum atomic E-state index is -0.0249. The molecule has 2 aromatic heterocycles. The molecule has 0 N–H and O–H groups in total. The van der Waals surface area contributed by atoms with Crippen LogP contribution >= 0.6 is 11.3 Å². The zero-order valence-electron chi connectivity index (χ0n) is 20.3. The molecule has 0 bridgehead atoms. The molecule has 0 fully saturated rings. The van der Waals surface area contributed by atoms with Gasteiger partial charge in [-0.25, -0.2) is 9.38 Å². The van der Waals surface area contributed by atoms with Crippen LogP contribution in [0.2, 0.25) is 0 Å². The second-order valence-corrected chi connectivity index (χ2v) is 10.6. The van der Waals surface area contributed by atoms with Crippen LogP contribution in [-0.4, -0.2) is 9.38 Å². The van der Waals surface area contributed by atoms with Gasteiger partial charge < -0.3 is 0 Å². The van der Waals surface area contributed by atoms with E-state index in [4.69, 9.17) is 4.98 Å². The Hall–Kier alpha value is -4.80. The van der Waals surface area contributed by atoms with Crippen LogP contribution in [0.3, 0.4) is 0 Å². The van der Waals surface area contributed by atoms with E-state index in [1.165, 1.54) is 38.2 Å². The van der Waals surface area contributed by atoms with Crippen molar-refractivity contribution in [2.24, 2.45) is 0 Å². The predicted octanol–water partition coefficient (Wildman–Crippen LogP) is 8.70. The molecule has 4 heteroatoms. The fourth-order valence-electron chi connectivity index (χ4n) is 5.78. The standard InChI is InChI=1S/C34H20N2OS/c37-33-27-16-8-9-17-30(27)38-34-35-28-19-18-22(20-29(28)36(33)34)32-25-14-6-4-12-23(25)31(21-10-2-1-3-11-21)24-13-5-7-15-26(24)32/h1-20H. The third kappa shape index (κ3) is 3.01. The van der Waals surface area contributed by atoms with Crippen molar-refractivity contribution in [1.82, 2.24) is 9.38 Å². The van der Waals surface area contributed by atoms with Crippen LogP contribution in [0.25, 0.3) is 69.9 Å². The minimum Gasteiger partial charge on any atom is -0.268 e. The predicted molar refractivity (Wildman–Crippen MR) is 160 cm³/mol. The summed E-state index contributed by atoms with van der Waals surface area (Å²) in [5, 5.41) is 5.52. The molecule has 8 aromatic rings. The van der Waals surface area contributed by atoms with Crippen molar-refractivity contribution in [3.05, 3.63) is 132 Å². The molecule has 178 valence electrons. The third-order valence-electron chi connectivity index (χ3n) is 7.43. The molecule has 0 unspecified atom stereocenters. The summed E-state index contributed by atoms with van der Waals surface area (Å²) in [4.78, 5) is 19.1. The maximum absolute atomic E-state index is 13.6.